The number of aromatic nitrogens is 1. The number of methoxy groups -OCH3 is 2. The van der Waals surface area contributed by atoms with Crippen molar-refractivity contribution in [3.8, 4) is 11.5 Å². The van der Waals surface area contributed by atoms with Crippen LogP contribution in [0.25, 0.3) is 10.9 Å². The summed E-state index contributed by atoms with van der Waals surface area (Å²) in [7, 11) is -0.872. The lowest BCUT2D eigenvalue weighted by atomic mass is 10.1. The lowest BCUT2D eigenvalue weighted by Gasteiger charge is -2.13. The van der Waals surface area contributed by atoms with Crippen LogP contribution in [0.5, 0.6) is 11.5 Å². The zero-order valence-electron chi connectivity index (χ0n) is 17.7. The number of nitroso groups, excluding NO2 is 1. The normalized spacial score (nSPS) is 11.3. The molecule has 9 heteroatoms. The van der Waals surface area contributed by atoms with Crippen molar-refractivity contribution in [2.75, 3.05) is 19.5 Å². The summed E-state index contributed by atoms with van der Waals surface area (Å²) >= 11 is 0. The first-order valence-electron chi connectivity index (χ1n) is 9.67. The SMILES string of the molecule is COc1ccc(S(=O)(=O)n2ccc3c(Nc4ccc(C)c(OC)c4)ccc(N=O)c32)cc1. The van der Waals surface area contributed by atoms with E-state index in [0.29, 0.717) is 16.8 Å². The minimum Gasteiger partial charge on any atom is -0.497 e. The van der Waals surface area contributed by atoms with Crippen molar-refractivity contribution in [2.45, 2.75) is 11.8 Å². The fraction of sp³-hybridized carbons (Fsp3) is 0.130. The number of aryl methyl sites for hydroxylation is 1. The third kappa shape index (κ3) is 3.67. The van der Waals surface area contributed by atoms with Crippen LogP contribution in [0, 0.1) is 11.8 Å². The van der Waals surface area contributed by atoms with Crippen molar-refractivity contribution in [1.29, 1.82) is 0 Å². The third-order valence-electron chi connectivity index (χ3n) is 5.19. The lowest BCUT2D eigenvalue weighted by Crippen LogP contribution is -2.11. The zero-order chi connectivity index (χ0) is 22.9. The summed E-state index contributed by atoms with van der Waals surface area (Å²) in [5, 5.41) is 6.86. The fourth-order valence-electron chi connectivity index (χ4n) is 3.51. The van der Waals surface area contributed by atoms with Crippen LogP contribution in [-0.2, 0) is 10.0 Å². The molecule has 3 aromatic carbocycles. The van der Waals surface area contributed by atoms with Crippen LogP contribution in [0.2, 0.25) is 0 Å². The molecule has 0 radical (unpaired) electrons. The van der Waals surface area contributed by atoms with E-state index < -0.39 is 10.0 Å². The predicted octanol–water partition coefficient (Wildman–Crippen LogP) is 5.35. The van der Waals surface area contributed by atoms with Gasteiger partial charge in [0.25, 0.3) is 10.0 Å². The minimum atomic E-state index is -3.97. The second-order valence-corrected chi connectivity index (χ2v) is 8.90. The van der Waals surface area contributed by atoms with Crippen molar-refractivity contribution in [2.24, 2.45) is 5.18 Å². The quantitative estimate of drug-likeness (QED) is 0.381. The maximum atomic E-state index is 13.3. The van der Waals surface area contributed by atoms with E-state index >= 15 is 0 Å². The maximum Gasteiger partial charge on any atom is 0.268 e. The highest BCUT2D eigenvalue weighted by atomic mass is 32.2. The molecule has 0 saturated carbocycles. The number of nitrogens with one attached hydrogen (secondary N) is 1. The highest BCUT2D eigenvalue weighted by Gasteiger charge is 2.22. The van der Waals surface area contributed by atoms with Gasteiger partial charge in [0.2, 0.25) is 0 Å². The van der Waals surface area contributed by atoms with Gasteiger partial charge in [0.05, 0.1) is 24.6 Å². The summed E-state index contributed by atoms with van der Waals surface area (Å²) in [6.07, 6.45) is 1.42. The van der Waals surface area contributed by atoms with Crippen molar-refractivity contribution < 1.29 is 17.9 Å². The van der Waals surface area contributed by atoms with E-state index in [9.17, 15) is 13.3 Å². The Morgan fingerprint density at radius 2 is 1.69 bits per heavy atom. The molecule has 1 N–H and O–H groups in total. The van der Waals surface area contributed by atoms with Gasteiger partial charge in [0, 0.05) is 29.0 Å². The average Bonchev–Trinajstić information content (AvgIpc) is 3.27. The Kier molecular flexibility index (Phi) is 5.58. The van der Waals surface area contributed by atoms with Crippen molar-refractivity contribution in [3.05, 3.63) is 77.3 Å². The first kappa shape index (κ1) is 21.4. The molecule has 164 valence electrons. The van der Waals surface area contributed by atoms with Crippen LogP contribution in [0.4, 0.5) is 17.1 Å². The first-order valence-corrected chi connectivity index (χ1v) is 11.1. The van der Waals surface area contributed by atoms with Crippen LogP contribution in [0.3, 0.4) is 0 Å². The summed E-state index contributed by atoms with van der Waals surface area (Å²) < 4.78 is 38.2. The van der Waals surface area contributed by atoms with E-state index in [-0.39, 0.29) is 16.1 Å². The van der Waals surface area contributed by atoms with Crippen LogP contribution in [0.15, 0.2) is 76.9 Å². The third-order valence-corrected chi connectivity index (χ3v) is 6.88. The molecule has 0 fully saturated rings. The minimum absolute atomic E-state index is 0.0223. The van der Waals surface area contributed by atoms with Gasteiger partial charge >= 0.3 is 0 Å². The van der Waals surface area contributed by atoms with Crippen LogP contribution >= 0.6 is 0 Å². The van der Waals surface area contributed by atoms with E-state index in [1.165, 1.54) is 31.5 Å². The van der Waals surface area contributed by atoms with Crippen molar-refractivity contribution >= 4 is 38.0 Å². The number of anilines is 2. The molecule has 1 aromatic heterocycles. The molecule has 0 spiro atoms. The Hall–Kier alpha value is -3.85. The van der Waals surface area contributed by atoms with Crippen LogP contribution < -0.4 is 14.8 Å². The number of fused-ring (bicyclic) bond motifs is 1. The fourth-order valence-corrected chi connectivity index (χ4v) is 4.87. The van der Waals surface area contributed by atoms with Gasteiger partial charge in [-0.05, 0) is 66.2 Å². The van der Waals surface area contributed by atoms with Gasteiger partial charge in [0.15, 0.2) is 0 Å². The molecule has 0 unspecified atom stereocenters. The molecule has 0 aliphatic heterocycles. The molecule has 0 saturated heterocycles. The number of rotatable bonds is 7. The Morgan fingerprint density at radius 1 is 0.938 bits per heavy atom. The number of hydrogen-bond donors (Lipinski definition) is 1. The number of nitrogens with zero attached hydrogens (tertiary/aromatic N) is 2. The molecular weight excluding hydrogens is 430 g/mol. The smallest absolute Gasteiger partial charge is 0.268 e. The van der Waals surface area contributed by atoms with E-state index in [1.807, 2.05) is 25.1 Å². The van der Waals surface area contributed by atoms with Crippen LogP contribution in [-0.4, -0.2) is 26.6 Å². The average molecular weight is 452 g/mol. The Balaban J connectivity index is 1.83. The van der Waals surface area contributed by atoms with Crippen molar-refractivity contribution in [1.82, 2.24) is 3.97 Å². The summed E-state index contributed by atoms with van der Waals surface area (Å²) in [6, 6.07) is 16.5. The standard InChI is InChI=1S/C23H21N3O5S/c1-15-4-5-16(14-22(15)31-3)24-20-10-11-21(25-27)23-19(20)12-13-26(23)32(28,29)18-8-6-17(30-2)7-9-18/h4-14,24H,1-3H3. The summed E-state index contributed by atoms with van der Waals surface area (Å²) in [5.41, 5.74) is 2.59. The second-order valence-electron chi connectivity index (χ2n) is 7.09. The highest BCUT2D eigenvalue weighted by Crippen LogP contribution is 2.37. The van der Waals surface area contributed by atoms with Gasteiger partial charge in [0.1, 0.15) is 17.2 Å². The van der Waals surface area contributed by atoms with E-state index in [2.05, 4.69) is 10.5 Å². The summed E-state index contributed by atoms with van der Waals surface area (Å²) in [4.78, 5) is 11.6. The van der Waals surface area contributed by atoms with Crippen LogP contribution in [0.1, 0.15) is 5.56 Å². The zero-order valence-corrected chi connectivity index (χ0v) is 18.5. The summed E-state index contributed by atoms with van der Waals surface area (Å²) in [5.74, 6) is 1.26. The molecule has 0 bridgehead atoms. The molecule has 4 aromatic rings. The molecule has 32 heavy (non-hydrogen) atoms. The van der Waals surface area contributed by atoms with Crippen molar-refractivity contribution in [3.63, 3.8) is 0 Å². The number of ether oxygens (including phenoxy) is 2. The Bertz CT molecular complexity index is 1410. The maximum absolute atomic E-state index is 13.3. The summed E-state index contributed by atoms with van der Waals surface area (Å²) in [6.45, 7) is 1.94. The highest BCUT2D eigenvalue weighted by molar-refractivity contribution is 7.90. The molecule has 0 aliphatic rings. The van der Waals surface area contributed by atoms with Gasteiger partial charge < -0.3 is 14.8 Å². The molecule has 8 nitrogen and oxygen atoms in total. The molecular formula is C23H21N3O5S. The second kappa shape index (κ2) is 8.35. The number of hydrogen-bond acceptors (Lipinski definition) is 7. The van der Waals surface area contributed by atoms with Gasteiger partial charge in [-0.15, -0.1) is 4.91 Å². The van der Waals surface area contributed by atoms with Gasteiger partial charge in [-0.1, -0.05) is 6.07 Å². The molecule has 0 aliphatic carbocycles. The molecule has 4 rings (SSSR count). The predicted molar refractivity (Wildman–Crippen MR) is 124 cm³/mol. The Labute approximate surface area is 185 Å². The van der Waals surface area contributed by atoms with Gasteiger partial charge in [-0.25, -0.2) is 12.4 Å². The Morgan fingerprint density at radius 3 is 2.34 bits per heavy atom. The molecule has 0 atom stereocenters. The van der Waals surface area contributed by atoms with Gasteiger partial charge in [-0.3, -0.25) is 0 Å². The monoisotopic (exact) mass is 451 g/mol. The first-order chi connectivity index (χ1) is 15.4. The lowest BCUT2D eigenvalue weighted by molar-refractivity contribution is 0.412. The number of benzene rings is 3. The topological polar surface area (TPSA) is 99.0 Å². The van der Waals surface area contributed by atoms with Gasteiger partial charge in [-0.2, -0.15) is 0 Å². The van der Waals surface area contributed by atoms with E-state index in [0.717, 1.165) is 21.0 Å². The largest absolute Gasteiger partial charge is 0.497 e. The van der Waals surface area contributed by atoms with E-state index in [1.54, 1.807) is 31.4 Å². The van der Waals surface area contributed by atoms with E-state index in [4.69, 9.17) is 9.47 Å². The molecule has 1 heterocycles. The molecule has 0 amide bonds.